The lowest BCUT2D eigenvalue weighted by Crippen LogP contribution is -1.97. The fraction of sp³-hybridized carbons (Fsp3) is 0.267. The van der Waals surface area contributed by atoms with Gasteiger partial charge in [-0.15, -0.1) is 0 Å². The molecule has 96 valence electrons. The van der Waals surface area contributed by atoms with Gasteiger partial charge in [0, 0.05) is 24.0 Å². The number of benzene rings is 1. The number of fused-ring (bicyclic) bond motifs is 2. The molecule has 0 bridgehead atoms. The minimum absolute atomic E-state index is 0.517. The molecule has 0 aliphatic rings. The average Bonchev–Trinajstić information content (AvgIpc) is 2.43. The van der Waals surface area contributed by atoms with E-state index in [1.807, 2.05) is 6.20 Å². The molecule has 19 heavy (non-hydrogen) atoms. The van der Waals surface area contributed by atoms with Crippen LogP contribution in [-0.2, 0) is 0 Å². The number of hydrogen-bond donors (Lipinski definition) is 1. The van der Waals surface area contributed by atoms with Crippen LogP contribution < -0.4 is 5.32 Å². The van der Waals surface area contributed by atoms with Gasteiger partial charge in [0.25, 0.3) is 0 Å². The zero-order chi connectivity index (χ0) is 13.4. The Morgan fingerprint density at radius 2 is 1.89 bits per heavy atom. The minimum Gasteiger partial charge on any atom is -0.357 e. The van der Waals surface area contributed by atoms with Crippen LogP contribution in [0.25, 0.3) is 21.9 Å². The Morgan fingerprint density at radius 3 is 2.63 bits per heavy atom. The van der Waals surface area contributed by atoms with Crippen LogP contribution in [0.15, 0.2) is 30.5 Å². The van der Waals surface area contributed by atoms with Crippen molar-refractivity contribution in [3.63, 3.8) is 0 Å². The highest BCUT2D eigenvalue weighted by atomic mass is 15.1. The summed E-state index contributed by atoms with van der Waals surface area (Å²) in [5.74, 6) is 1.11. The fourth-order valence-electron chi connectivity index (χ4n) is 2.13. The van der Waals surface area contributed by atoms with E-state index in [0.29, 0.717) is 11.9 Å². The van der Waals surface area contributed by atoms with Crippen molar-refractivity contribution in [3.05, 3.63) is 36.0 Å². The lowest BCUT2D eigenvalue weighted by molar-refractivity contribution is 0.868. The second kappa shape index (κ2) is 4.46. The molecule has 3 rings (SSSR count). The molecule has 1 aromatic carbocycles. The summed E-state index contributed by atoms with van der Waals surface area (Å²) in [5, 5.41) is 5.03. The van der Waals surface area contributed by atoms with E-state index in [9.17, 15) is 0 Å². The van der Waals surface area contributed by atoms with Gasteiger partial charge in [-0.05, 0) is 29.7 Å². The van der Waals surface area contributed by atoms with E-state index in [1.165, 1.54) is 5.56 Å². The van der Waals surface area contributed by atoms with Crippen LogP contribution >= 0.6 is 0 Å². The largest absolute Gasteiger partial charge is 0.357 e. The summed E-state index contributed by atoms with van der Waals surface area (Å²) >= 11 is 0. The van der Waals surface area contributed by atoms with Gasteiger partial charge in [-0.1, -0.05) is 19.9 Å². The Morgan fingerprint density at radius 1 is 1.05 bits per heavy atom. The first kappa shape index (κ1) is 11.8. The van der Waals surface area contributed by atoms with E-state index in [0.717, 1.165) is 21.9 Å². The molecule has 2 aromatic heterocycles. The molecule has 0 saturated carbocycles. The van der Waals surface area contributed by atoms with Gasteiger partial charge in [-0.25, -0.2) is 9.97 Å². The zero-order valence-electron chi connectivity index (χ0n) is 11.3. The van der Waals surface area contributed by atoms with Crippen LogP contribution in [0.2, 0.25) is 0 Å². The number of nitrogens with one attached hydrogen (secondary N) is 1. The van der Waals surface area contributed by atoms with Crippen molar-refractivity contribution in [2.45, 2.75) is 19.8 Å². The molecular weight excluding hydrogens is 236 g/mol. The second-order valence-corrected chi connectivity index (χ2v) is 4.95. The Balaban J connectivity index is 2.25. The average molecular weight is 252 g/mol. The number of nitrogens with zero attached hydrogens (tertiary/aromatic N) is 3. The predicted molar refractivity (Wildman–Crippen MR) is 78.5 cm³/mol. The summed E-state index contributed by atoms with van der Waals surface area (Å²) in [7, 11) is 1.80. The molecule has 0 spiro atoms. The molecule has 2 heterocycles. The third-order valence-corrected chi connectivity index (χ3v) is 3.28. The molecule has 4 heteroatoms. The van der Waals surface area contributed by atoms with Gasteiger partial charge in [0.15, 0.2) is 5.65 Å². The first-order chi connectivity index (χ1) is 9.17. The number of rotatable bonds is 2. The summed E-state index contributed by atoms with van der Waals surface area (Å²) in [5.41, 5.74) is 3.02. The van der Waals surface area contributed by atoms with Crippen molar-refractivity contribution in [2.75, 3.05) is 12.4 Å². The van der Waals surface area contributed by atoms with E-state index < -0.39 is 0 Å². The summed E-state index contributed by atoms with van der Waals surface area (Å²) in [4.78, 5) is 13.2. The number of hydrogen-bond acceptors (Lipinski definition) is 4. The van der Waals surface area contributed by atoms with Crippen molar-refractivity contribution < 1.29 is 0 Å². The highest BCUT2D eigenvalue weighted by Crippen LogP contribution is 2.23. The maximum absolute atomic E-state index is 4.60. The lowest BCUT2D eigenvalue weighted by atomic mass is 10.0. The minimum atomic E-state index is 0.517. The molecule has 0 aliphatic heterocycles. The van der Waals surface area contributed by atoms with Gasteiger partial charge in [0.2, 0.25) is 5.95 Å². The molecule has 0 fully saturated rings. The van der Waals surface area contributed by atoms with Gasteiger partial charge in [-0.3, -0.25) is 0 Å². The van der Waals surface area contributed by atoms with Crippen LogP contribution in [0.1, 0.15) is 25.3 Å². The second-order valence-electron chi connectivity index (χ2n) is 4.95. The smallest absolute Gasteiger partial charge is 0.224 e. The van der Waals surface area contributed by atoms with Gasteiger partial charge < -0.3 is 5.32 Å². The van der Waals surface area contributed by atoms with Crippen LogP contribution in [0.4, 0.5) is 5.95 Å². The highest BCUT2D eigenvalue weighted by Gasteiger charge is 2.05. The molecule has 4 nitrogen and oxygen atoms in total. The molecule has 0 unspecified atom stereocenters. The summed E-state index contributed by atoms with van der Waals surface area (Å²) in [6, 6.07) is 8.48. The predicted octanol–water partition coefficient (Wildman–Crippen LogP) is 3.34. The van der Waals surface area contributed by atoms with Crippen LogP contribution in [0, 0.1) is 0 Å². The molecule has 0 aliphatic carbocycles. The van der Waals surface area contributed by atoms with Crippen LogP contribution in [0.3, 0.4) is 0 Å². The standard InChI is InChI=1S/C15H16N4/c1-9(2)10-4-5-13-11(6-10)7-12-8-17-15(16-3)19-14(12)18-13/h4-9H,1-3H3,(H,16,17,18,19). The first-order valence-corrected chi connectivity index (χ1v) is 6.42. The van der Waals surface area contributed by atoms with Gasteiger partial charge in [-0.2, -0.15) is 4.98 Å². The molecule has 1 N–H and O–H groups in total. The summed E-state index contributed by atoms with van der Waals surface area (Å²) < 4.78 is 0. The van der Waals surface area contributed by atoms with Crippen LogP contribution in [0.5, 0.6) is 0 Å². The molecule has 0 radical (unpaired) electrons. The van der Waals surface area contributed by atoms with E-state index in [-0.39, 0.29) is 0 Å². The normalized spacial score (nSPS) is 11.4. The Bertz CT molecular complexity index is 750. The summed E-state index contributed by atoms with van der Waals surface area (Å²) in [6.07, 6.45) is 1.81. The molecule has 0 saturated heterocycles. The van der Waals surface area contributed by atoms with Gasteiger partial charge in [0.05, 0.1) is 5.52 Å². The van der Waals surface area contributed by atoms with E-state index in [4.69, 9.17) is 0 Å². The zero-order valence-corrected chi connectivity index (χ0v) is 11.3. The van der Waals surface area contributed by atoms with Crippen molar-refractivity contribution in [2.24, 2.45) is 0 Å². The van der Waals surface area contributed by atoms with Crippen molar-refractivity contribution >= 4 is 27.9 Å². The van der Waals surface area contributed by atoms with Crippen molar-refractivity contribution in [3.8, 4) is 0 Å². The Hall–Kier alpha value is -2.23. The Kier molecular flexibility index (Phi) is 2.78. The maximum Gasteiger partial charge on any atom is 0.224 e. The summed E-state index contributed by atoms with van der Waals surface area (Å²) in [6.45, 7) is 4.38. The highest BCUT2D eigenvalue weighted by molar-refractivity contribution is 5.91. The fourth-order valence-corrected chi connectivity index (χ4v) is 2.13. The third-order valence-electron chi connectivity index (χ3n) is 3.28. The van der Waals surface area contributed by atoms with E-state index >= 15 is 0 Å². The van der Waals surface area contributed by atoms with Crippen molar-refractivity contribution in [1.29, 1.82) is 0 Å². The Labute approximate surface area is 111 Å². The van der Waals surface area contributed by atoms with Crippen molar-refractivity contribution in [1.82, 2.24) is 15.0 Å². The number of pyridine rings is 1. The molecule has 0 atom stereocenters. The van der Waals surface area contributed by atoms with E-state index in [2.05, 4.69) is 58.4 Å². The number of anilines is 1. The number of aromatic nitrogens is 3. The van der Waals surface area contributed by atoms with Gasteiger partial charge in [0.1, 0.15) is 0 Å². The lowest BCUT2D eigenvalue weighted by Gasteiger charge is -2.07. The third kappa shape index (κ3) is 2.10. The van der Waals surface area contributed by atoms with Gasteiger partial charge >= 0.3 is 0 Å². The topological polar surface area (TPSA) is 50.7 Å². The molecule has 0 amide bonds. The molecular formula is C15H16N4. The maximum atomic E-state index is 4.60. The van der Waals surface area contributed by atoms with E-state index in [1.54, 1.807) is 7.05 Å². The van der Waals surface area contributed by atoms with Crippen LogP contribution in [-0.4, -0.2) is 22.0 Å². The SMILES string of the molecule is CNc1ncc2cc3cc(C(C)C)ccc3nc2n1. The first-order valence-electron chi connectivity index (χ1n) is 6.42. The molecule has 3 aromatic rings. The quantitative estimate of drug-likeness (QED) is 0.711. The monoisotopic (exact) mass is 252 g/mol.